The standard InChI is InChI=1S/C19H35N9O7/c1-9(20)15(31)26-10(4-6-13(21)29)16(32)27-11(5-7-14(22)30)17(33)28-12(18(34)35)3-2-8-25-19(23)24/h9-12H,2-8,20H2,1H3,(H2,21,29)(H2,22,30)(H,26,31)(H,27,32)(H,28,33)(H,34,35)(H4,23,24,25). The number of amides is 5. The van der Waals surface area contributed by atoms with E-state index in [1.165, 1.54) is 6.92 Å². The minimum Gasteiger partial charge on any atom is -0.480 e. The van der Waals surface area contributed by atoms with Gasteiger partial charge < -0.3 is 49.7 Å². The average molecular weight is 502 g/mol. The zero-order chi connectivity index (χ0) is 27.1. The van der Waals surface area contributed by atoms with E-state index in [1.54, 1.807) is 0 Å². The number of carbonyl (C=O) groups excluding carboxylic acids is 5. The number of carboxylic acid groups (broad SMARTS) is 1. The Kier molecular flexibility index (Phi) is 14.0. The highest BCUT2D eigenvalue weighted by molar-refractivity contribution is 5.94. The summed E-state index contributed by atoms with van der Waals surface area (Å²) in [7, 11) is 0. The van der Waals surface area contributed by atoms with Crippen LogP contribution in [-0.2, 0) is 28.8 Å². The smallest absolute Gasteiger partial charge is 0.326 e. The second-order valence-corrected chi connectivity index (χ2v) is 7.77. The van der Waals surface area contributed by atoms with Gasteiger partial charge in [-0.3, -0.25) is 29.0 Å². The predicted molar refractivity (Wildman–Crippen MR) is 124 cm³/mol. The van der Waals surface area contributed by atoms with Gasteiger partial charge in [-0.15, -0.1) is 0 Å². The zero-order valence-corrected chi connectivity index (χ0v) is 19.5. The third kappa shape index (κ3) is 14.0. The van der Waals surface area contributed by atoms with Crippen LogP contribution in [0.15, 0.2) is 4.99 Å². The topological polar surface area (TPSA) is 301 Å². The van der Waals surface area contributed by atoms with Crippen molar-refractivity contribution >= 4 is 41.5 Å². The summed E-state index contributed by atoms with van der Waals surface area (Å²) < 4.78 is 0. The molecular formula is C19H35N9O7. The zero-order valence-electron chi connectivity index (χ0n) is 19.5. The van der Waals surface area contributed by atoms with Crippen LogP contribution < -0.4 is 44.6 Å². The Morgan fingerprint density at radius 3 is 1.54 bits per heavy atom. The van der Waals surface area contributed by atoms with E-state index in [9.17, 15) is 33.9 Å². The molecule has 0 heterocycles. The van der Waals surface area contributed by atoms with E-state index >= 15 is 0 Å². The molecule has 0 spiro atoms. The summed E-state index contributed by atoms with van der Waals surface area (Å²) in [6, 6.07) is -4.96. The lowest BCUT2D eigenvalue weighted by Gasteiger charge is -2.24. The highest BCUT2D eigenvalue weighted by atomic mass is 16.4. The first-order valence-electron chi connectivity index (χ1n) is 10.8. The summed E-state index contributed by atoms with van der Waals surface area (Å²) >= 11 is 0. The molecule has 0 bridgehead atoms. The quantitative estimate of drug-likeness (QED) is 0.0522. The van der Waals surface area contributed by atoms with Gasteiger partial charge in [0.2, 0.25) is 29.5 Å². The number of primary amides is 2. The molecule has 0 aromatic rings. The SMILES string of the molecule is CC(N)C(=O)NC(CCC(N)=O)C(=O)NC(CCC(N)=O)C(=O)NC(CCCN=C(N)N)C(=O)O. The molecule has 0 saturated heterocycles. The number of rotatable bonds is 17. The van der Waals surface area contributed by atoms with Gasteiger partial charge in [-0.25, -0.2) is 4.79 Å². The summed E-state index contributed by atoms with van der Waals surface area (Å²) in [6.45, 7) is 1.51. The minimum absolute atomic E-state index is 0.0278. The van der Waals surface area contributed by atoms with E-state index in [4.69, 9.17) is 28.7 Å². The van der Waals surface area contributed by atoms with Crippen LogP contribution in [0.25, 0.3) is 0 Å². The lowest BCUT2D eigenvalue weighted by Crippen LogP contribution is -2.57. The van der Waals surface area contributed by atoms with Gasteiger partial charge in [-0.1, -0.05) is 0 Å². The fraction of sp³-hybridized carbons (Fsp3) is 0.632. The molecular weight excluding hydrogens is 466 g/mol. The molecule has 14 N–H and O–H groups in total. The highest BCUT2D eigenvalue weighted by Gasteiger charge is 2.30. The lowest BCUT2D eigenvalue weighted by molar-refractivity contribution is -0.142. The van der Waals surface area contributed by atoms with Crippen LogP contribution >= 0.6 is 0 Å². The maximum absolute atomic E-state index is 12.8. The summed E-state index contributed by atoms with van der Waals surface area (Å²) in [5.41, 5.74) is 26.2. The number of carboxylic acids is 1. The molecule has 0 aliphatic heterocycles. The van der Waals surface area contributed by atoms with Crippen molar-refractivity contribution in [2.24, 2.45) is 33.7 Å². The fourth-order valence-electron chi connectivity index (χ4n) is 2.72. The van der Waals surface area contributed by atoms with E-state index in [0.717, 1.165) is 0 Å². The molecule has 0 aromatic carbocycles. The van der Waals surface area contributed by atoms with Gasteiger partial charge in [0.25, 0.3) is 0 Å². The number of nitrogens with two attached hydrogens (primary N) is 5. The number of hydrogen-bond donors (Lipinski definition) is 9. The van der Waals surface area contributed by atoms with Gasteiger partial charge in [0.1, 0.15) is 18.1 Å². The van der Waals surface area contributed by atoms with Gasteiger partial charge in [0.05, 0.1) is 6.04 Å². The number of nitrogens with one attached hydrogen (secondary N) is 3. The van der Waals surface area contributed by atoms with Crippen molar-refractivity contribution in [1.29, 1.82) is 0 Å². The van der Waals surface area contributed by atoms with Crippen LogP contribution in [0.1, 0.15) is 45.4 Å². The van der Waals surface area contributed by atoms with Crippen LogP contribution in [0, 0.1) is 0 Å². The fourth-order valence-corrected chi connectivity index (χ4v) is 2.72. The molecule has 0 rings (SSSR count). The Hall–Kier alpha value is -3.95. The first kappa shape index (κ1) is 31.0. The van der Waals surface area contributed by atoms with Crippen LogP contribution in [0.3, 0.4) is 0 Å². The van der Waals surface area contributed by atoms with Crippen molar-refractivity contribution in [3.63, 3.8) is 0 Å². The third-order valence-corrected chi connectivity index (χ3v) is 4.60. The molecule has 5 amide bonds. The molecule has 35 heavy (non-hydrogen) atoms. The number of nitrogens with zero attached hydrogens (tertiary/aromatic N) is 1. The van der Waals surface area contributed by atoms with Crippen molar-refractivity contribution in [1.82, 2.24) is 16.0 Å². The second kappa shape index (κ2) is 15.8. The Labute approximate surface area is 201 Å². The Bertz CT molecular complexity index is 812. The molecule has 16 heteroatoms. The van der Waals surface area contributed by atoms with Gasteiger partial charge in [0, 0.05) is 19.4 Å². The van der Waals surface area contributed by atoms with Gasteiger partial charge in [0.15, 0.2) is 5.96 Å². The molecule has 16 nitrogen and oxygen atoms in total. The molecule has 0 saturated carbocycles. The van der Waals surface area contributed by atoms with Gasteiger partial charge in [-0.05, 0) is 32.6 Å². The predicted octanol–water partition coefficient (Wildman–Crippen LogP) is -4.54. The maximum Gasteiger partial charge on any atom is 0.326 e. The Morgan fingerprint density at radius 2 is 1.17 bits per heavy atom. The van der Waals surface area contributed by atoms with Crippen molar-refractivity contribution < 1.29 is 33.9 Å². The number of carbonyl (C=O) groups is 6. The van der Waals surface area contributed by atoms with Crippen LogP contribution in [0.5, 0.6) is 0 Å². The summed E-state index contributed by atoms with van der Waals surface area (Å²) in [5.74, 6) is -5.47. The molecule has 0 aliphatic rings. The summed E-state index contributed by atoms with van der Waals surface area (Å²) in [4.78, 5) is 75.2. The third-order valence-electron chi connectivity index (χ3n) is 4.60. The van der Waals surface area contributed by atoms with Crippen LogP contribution in [0.2, 0.25) is 0 Å². The van der Waals surface area contributed by atoms with E-state index < -0.39 is 59.7 Å². The maximum atomic E-state index is 12.8. The van der Waals surface area contributed by atoms with Crippen molar-refractivity contribution in [3.05, 3.63) is 0 Å². The van der Waals surface area contributed by atoms with E-state index in [0.29, 0.717) is 0 Å². The molecule has 198 valence electrons. The number of aliphatic carboxylic acids is 1. The number of aliphatic imine (C=N–C) groups is 1. The summed E-state index contributed by atoms with van der Waals surface area (Å²) in [5, 5.41) is 16.4. The molecule has 0 fully saturated rings. The van der Waals surface area contributed by atoms with Gasteiger partial charge in [-0.2, -0.15) is 0 Å². The van der Waals surface area contributed by atoms with Crippen LogP contribution in [-0.4, -0.2) is 77.3 Å². The second-order valence-electron chi connectivity index (χ2n) is 7.77. The van der Waals surface area contributed by atoms with Crippen molar-refractivity contribution in [2.75, 3.05) is 6.54 Å². The minimum atomic E-state index is -1.38. The van der Waals surface area contributed by atoms with Gasteiger partial charge >= 0.3 is 5.97 Å². The molecule has 0 radical (unpaired) electrons. The Balaban J connectivity index is 5.50. The van der Waals surface area contributed by atoms with E-state index in [1.807, 2.05) is 0 Å². The molecule has 0 aromatic heterocycles. The number of guanidine groups is 1. The van der Waals surface area contributed by atoms with E-state index in [2.05, 4.69) is 20.9 Å². The largest absolute Gasteiger partial charge is 0.480 e. The highest BCUT2D eigenvalue weighted by Crippen LogP contribution is 2.05. The first-order valence-corrected chi connectivity index (χ1v) is 10.8. The molecule has 4 atom stereocenters. The Morgan fingerprint density at radius 1 is 0.743 bits per heavy atom. The van der Waals surface area contributed by atoms with E-state index in [-0.39, 0.29) is 51.0 Å². The normalized spacial score (nSPS) is 13.9. The average Bonchev–Trinajstić information content (AvgIpc) is 2.74. The lowest BCUT2D eigenvalue weighted by atomic mass is 10.1. The van der Waals surface area contributed by atoms with Crippen molar-refractivity contribution in [3.8, 4) is 0 Å². The van der Waals surface area contributed by atoms with Crippen molar-refractivity contribution in [2.45, 2.75) is 69.6 Å². The summed E-state index contributed by atoms with van der Waals surface area (Å²) in [6.07, 6.45) is -0.805. The van der Waals surface area contributed by atoms with Crippen LogP contribution in [0.4, 0.5) is 0 Å². The molecule has 0 aliphatic carbocycles. The molecule has 4 unspecified atom stereocenters. The monoisotopic (exact) mass is 501 g/mol. The number of hydrogen-bond acceptors (Lipinski definition) is 8. The first-order chi connectivity index (χ1) is 16.2.